The number of nitrogens with one attached hydrogen (secondary N) is 1. The van der Waals surface area contributed by atoms with Crippen LogP contribution in [0.2, 0.25) is 0 Å². The average Bonchev–Trinajstić information content (AvgIpc) is 3.19. The molecule has 0 bridgehead atoms. The van der Waals surface area contributed by atoms with Crippen LogP contribution in [0.3, 0.4) is 0 Å². The van der Waals surface area contributed by atoms with Crippen LogP contribution in [-0.4, -0.2) is 23.5 Å². The van der Waals surface area contributed by atoms with E-state index < -0.39 is 5.97 Å². The summed E-state index contributed by atoms with van der Waals surface area (Å²) in [5, 5.41) is 5.80. The third-order valence-electron chi connectivity index (χ3n) is 4.69. The highest BCUT2D eigenvalue weighted by atomic mass is 32.1. The maximum absolute atomic E-state index is 12.2. The second-order valence-corrected chi connectivity index (χ2v) is 7.88. The van der Waals surface area contributed by atoms with Gasteiger partial charge in [-0.25, -0.2) is 9.78 Å². The highest BCUT2D eigenvalue weighted by Gasteiger charge is 2.13. The van der Waals surface area contributed by atoms with Crippen LogP contribution >= 0.6 is 11.3 Å². The van der Waals surface area contributed by atoms with Crippen LogP contribution in [-0.2, 0) is 14.3 Å². The summed E-state index contributed by atoms with van der Waals surface area (Å²) < 4.78 is 6.11. The molecule has 3 aromatic carbocycles. The molecule has 4 rings (SSSR count). The Balaban J connectivity index is 1.32. The number of amides is 1. The van der Waals surface area contributed by atoms with Crippen LogP contribution in [0.15, 0.2) is 72.8 Å². The van der Waals surface area contributed by atoms with E-state index in [0.29, 0.717) is 5.01 Å². The molecule has 30 heavy (non-hydrogen) atoms. The first-order valence-electron chi connectivity index (χ1n) is 9.57. The van der Waals surface area contributed by atoms with Crippen LogP contribution in [0.5, 0.6) is 0 Å². The van der Waals surface area contributed by atoms with Crippen LogP contribution in [0, 0.1) is 0 Å². The molecular formula is C24H20N2O3S. The summed E-state index contributed by atoms with van der Waals surface area (Å²) in [6.07, 6.45) is 2.89. The van der Waals surface area contributed by atoms with Gasteiger partial charge >= 0.3 is 5.97 Å². The molecule has 5 nitrogen and oxygen atoms in total. The number of benzene rings is 3. The Morgan fingerprint density at radius 3 is 2.70 bits per heavy atom. The Bertz CT molecular complexity index is 1210. The van der Waals surface area contributed by atoms with E-state index in [4.69, 9.17) is 4.74 Å². The van der Waals surface area contributed by atoms with E-state index in [0.717, 1.165) is 26.6 Å². The van der Waals surface area contributed by atoms with Crippen molar-refractivity contribution >= 4 is 50.3 Å². The maximum atomic E-state index is 12.2. The van der Waals surface area contributed by atoms with E-state index in [1.165, 1.54) is 17.4 Å². The minimum Gasteiger partial charge on any atom is -0.452 e. The van der Waals surface area contributed by atoms with Crippen LogP contribution in [0.25, 0.3) is 27.1 Å². The topological polar surface area (TPSA) is 68.3 Å². The minimum atomic E-state index is -0.581. The van der Waals surface area contributed by atoms with Gasteiger partial charge in [0.2, 0.25) is 0 Å². The zero-order valence-electron chi connectivity index (χ0n) is 16.4. The first kappa shape index (κ1) is 19.8. The molecule has 1 atom stereocenters. The smallest absolute Gasteiger partial charge is 0.331 e. The van der Waals surface area contributed by atoms with Crippen molar-refractivity contribution in [3.63, 3.8) is 0 Å². The molecule has 1 amide bonds. The van der Waals surface area contributed by atoms with Gasteiger partial charge in [0.25, 0.3) is 5.91 Å². The summed E-state index contributed by atoms with van der Waals surface area (Å²) in [5.74, 6) is -0.931. The average molecular weight is 417 g/mol. The van der Waals surface area contributed by atoms with Crippen molar-refractivity contribution in [1.29, 1.82) is 0 Å². The number of thiazole rings is 1. The summed E-state index contributed by atoms with van der Waals surface area (Å²) in [7, 11) is 0. The molecular weight excluding hydrogens is 396 g/mol. The molecule has 0 aliphatic rings. The lowest BCUT2D eigenvalue weighted by molar-refractivity contribution is -0.144. The predicted molar refractivity (Wildman–Crippen MR) is 120 cm³/mol. The normalized spacial score (nSPS) is 12.3. The minimum absolute atomic E-state index is 0.208. The van der Waals surface area contributed by atoms with Crippen LogP contribution in [0.1, 0.15) is 23.5 Å². The van der Waals surface area contributed by atoms with Gasteiger partial charge in [0.05, 0.1) is 16.3 Å². The highest BCUT2D eigenvalue weighted by Crippen LogP contribution is 2.24. The molecule has 0 unspecified atom stereocenters. The monoisotopic (exact) mass is 416 g/mol. The molecule has 0 spiro atoms. The Morgan fingerprint density at radius 1 is 1.07 bits per heavy atom. The Hall–Kier alpha value is -3.51. The Labute approximate surface area is 178 Å². The lowest BCUT2D eigenvalue weighted by Crippen LogP contribution is -2.31. The standard InChI is InChI=1S/C24H20N2O3S/c1-16(18-10-6-8-17-7-2-3-9-19(17)18)25-22(27)15-29-24(28)14-13-23-26-20-11-4-5-12-21(20)30-23/h2-14,16H,15H2,1H3,(H,25,27)/b14-13+/t16-/m1/s1. The molecule has 150 valence electrons. The van der Waals surface area contributed by atoms with Crippen LogP contribution < -0.4 is 5.32 Å². The van der Waals surface area contributed by atoms with Crippen molar-refractivity contribution in [2.45, 2.75) is 13.0 Å². The molecule has 0 aliphatic carbocycles. The number of nitrogens with zero attached hydrogens (tertiary/aromatic N) is 1. The number of para-hydroxylation sites is 1. The van der Waals surface area contributed by atoms with Gasteiger partial charge in [0.1, 0.15) is 5.01 Å². The number of esters is 1. The molecule has 4 aromatic rings. The van der Waals surface area contributed by atoms with Gasteiger partial charge < -0.3 is 10.1 Å². The first-order chi connectivity index (χ1) is 14.6. The lowest BCUT2D eigenvalue weighted by Gasteiger charge is -2.16. The number of ether oxygens (including phenoxy) is 1. The number of rotatable bonds is 6. The van der Waals surface area contributed by atoms with Gasteiger partial charge in [-0.1, -0.05) is 54.6 Å². The molecule has 0 fully saturated rings. The van der Waals surface area contributed by atoms with Gasteiger partial charge in [-0.15, -0.1) is 11.3 Å². The molecule has 1 N–H and O–H groups in total. The Kier molecular flexibility index (Phi) is 5.86. The fourth-order valence-corrected chi connectivity index (χ4v) is 4.14. The van der Waals surface area contributed by atoms with Crippen LogP contribution in [0.4, 0.5) is 0 Å². The van der Waals surface area contributed by atoms with E-state index in [9.17, 15) is 9.59 Å². The van der Waals surface area contributed by atoms with Gasteiger partial charge in [0, 0.05) is 6.08 Å². The van der Waals surface area contributed by atoms with E-state index in [1.807, 2.05) is 73.7 Å². The number of hydrogen-bond donors (Lipinski definition) is 1. The largest absolute Gasteiger partial charge is 0.452 e. The molecule has 0 saturated carbocycles. The number of fused-ring (bicyclic) bond motifs is 2. The van der Waals surface area contributed by atoms with Crippen molar-refractivity contribution in [2.24, 2.45) is 0 Å². The van der Waals surface area contributed by atoms with Gasteiger partial charge in [0.15, 0.2) is 6.61 Å². The summed E-state index contributed by atoms with van der Waals surface area (Å²) >= 11 is 1.49. The Morgan fingerprint density at radius 2 is 1.83 bits per heavy atom. The quantitative estimate of drug-likeness (QED) is 0.359. The molecule has 0 aliphatic heterocycles. The molecule has 6 heteroatoms. The molecule has 1 heterocycles. The van der Waals surface area contributed by atoms with Gasteiger partial charge in [-0.3, -0.25) is 4.79 Å². The lowest BCUT2D eigenvalue weighted by atomic mass is 10.00. The van der Waals surface area contributed by atoms with Crippen molar-refractivity contribution in [3.8, 4) is 0 Å². The zero-order chi connectivity index (χ0) is 20.9. The second-order valence-electron chi connectivity index (χ2n) is 6.82. The van der Waals surface area contributed by atoms with Crippen molar-refractivity contribution in [2.75, 3.05) is 6.61 Å². The van der Waals surface area contributed by atoms with Gasteiger partial charge in [-0.05, 0) is 41.5 Å². The van der Waals surface area contributed by atoms with E-state index in [-0.39, 0.29) is 18.6 Å². The molecule has 0 radical (unpaired) electrons. The second kappa shape index (κ2) is 8.88. The first-order valence-corrected chi connectivity index (χ1v) is 10.4. The number of aromatic nitrogens is 1. The maximum Gasteiger partial charge on any atom is 0.331 e. The fraction of sp³-hybridized carbons (Fsp3) is 0.125. The fourth-order valence-electron chi connectivity index (χ4n) is 3.27. The van der Waals surface area contributed by atoms with E-state index in [2.05, 4.69) is 10.3 Å². The SMILES string of the molecule is C[C@@H](NC(=O)COC(=O)/C=C/c1nc2ccccc2s1)c1cccc2ccccc12. The molecule has 1 aromatic heterocycles. The van der Waals surface area contributed by atoms with Crippen molar-refractivity contribution in [1.82, 2.24) is 10.3 Å². The van der Waals surface area contributed by atoms with Gasteiger partial charge in [-0.2, -0.15) is 0 Å². The van der Waals surface area contributed by atoms with E-state index in [1.54, 1.807) is 6.08 Å². The van der Waals surface area contributed by atoms with Crippen molar-refractivity contribution in [3.05, 3.63) is 83.4 Å². The van der Waals surface area contributed by atoms with Crippen molar-refractivity contribution < 1.29 is 14.3 Å². The summed E-state index contributed by atoms with van der Waals surface area (Å²) in [4.78, 5) is 28.6. The zero-order valence-corrected chi connectivity index (χ0v) is 17.2. The predicted octanol–water partition coefficient (Wildman–Crippen LogP) is 4.88. The third-order valence-corrected chi connectivity index (χ3v) is 5.69. The molecule has 0 saturated heterocycles. The highest BCUT2D eigenvalue weighted by molar-refractivity contribution is 7.19. The number of carbonyl (C=O) groups is 2. The summed E-state index contributed by atoms with van der Waals surface area (Å²) in [5.41, 5.74) is 1.90. The third kappa shape index (κ3) is 4.55. The number of carbonyl (C=O) groups excluding carboxylic acids is 2. The summed E-state index contributed by atoms with van der Waals surface area (Å²) in [6.45, 7) is 1.58. The summed E-state index contributed by atoms with van der Waals surface area (Å²) in [6, 6.07) is 21.6. The van der Waals surface area contributed by atoms with E-state index >= 15 is 0 Å². The number of hydrogen-bond acceptors (Lipinski definition) is 5.